The Morgan fingerprint density at radius 3 is 2.28 bits per heavy atom. The molecule has 1 heterocycles. The molecule has 0 unspecified atom stereocenters. The summed E-state index contributed by atoms with van der Waals surface area (Å²) < 4.78 is 0. The van der Waals surface area contributed by atoms with Crippen molar-refractivity contribution in [3.8, 4) is 0 Å². The summed E-state index contributed by atoms with van der Waals surface area (Å²) in [6.07, 6.45) is 1.94. The molecule has 0 atom stereocenters. The Labute approximate surface area is 110 Å². The topological polar surface area (TPSA) is 67.9 Å². The van der Waals surface area contributed by atoms with Gasteiger partial charge in [0.2, 0.25) is 11.9 Å². The molecule has 2 N–H and O–H groups in total. The lowest BCUT2D eigenvalue weighted by atomic mass is 10.1. The van der Waals surface area contributed by atoms with Crippen LogP contribution in [-0.2, 0) is 6.42 Å². The molecule has 0 spiro atoms. The van der Waals surface area contributed by atoms with Gasteiger partial charge in [0, 0.05) is 20.0 Å². The van der Waals surface area contributed by atoms with Crippen molar-refractivity contribution in [1.29, 1.82) is 0 Å². The molecule has 1 aromatic rings. The highest BCUT2D eigenvalue weighted by Crippen LogP contribution is 2.12. The first-order valence-electron chi connectivity index (χ1n) is 6.60. The van der Waals surface area contributed by atoms with Crippen molar-refractivity contribution in [2.75, 3.05) is 24.2 Å². The van der Waals surface area contributed by atoms with Crippen molar-refractivity contribution in [2.45, 2.75) is 40.5 Å². The zero-order chi connectivity index (χ0) is 13.7. The first-order valence-corrected chi connectivity index (χ1v) is 6.60. The summed E-state index contributed by atoms with van der Waals surface area (Å²) in [7, 11) is 2.00. The fourth-order valence-corrected chi connectivity index (χ4v) is 1.60. The molecule has 0 aliphatic heterocycles. The highest BCUT2D eigenvalue weighted by atomic mass is 15.3. The molecule has 0 fully saturated rings. The summed E-state index contributed by atoms with van der Waals surface area (Å²) in [6.45, 7) is 9.63. The zero-order valence-corrected chi connectivity index (χ0v) is 12.1. The molecular weight excluding hydrogens is 226 g/mol. The number of aromatic nitrogens is 3. The highest BCUT2D eigenvalue weighted by Gasteiger charge is 2.10. The smallest absolute Gasteiger partial charge is 0.230 e. The van der Waals surface area contributed by atoms with E-state index in [0.29, 0.717) is 23.7 Å². The van der Waals surface area contributed by atoms with E-state index in [1.165, 1.54) is 0 Å². The Morgan fingerprint density at radius 1 is 1.06 bits per heavy atom. The molecule has 1 aromatic heterocycles. The van der Waals surface area contributed by atoms with E-state index >= 15 is 0 Å². The maximum absolute atomic E-state index is 5.74. The van der Waals surface area contributed by atoms with Gasteiger partial charge in [-0.05, 0) is 18.3 Å². The van der Waals surface area contributed by atoms with Crippen LogP contribution in [0.15, 0.2) is 0 Å². The largest absolute Gasteiger partial charge is 0.368 e. The van der Waals surface area contributed by atoms with Gasteiger partial charge in [-0.25, -0.2) is 0 Å². The SMILES string of the molecule is CC(C)CCN(C)c1nc(N)nc(CC(C)C)n1. The van der Waals surface area contributed by atoms with Crippen molar-refractivity contribution < 1.29 is 0 Å². The van der Waals surface area contributed by atoms with Crippen LogP contribution in [0.3, 0.4) is 0 Å². The minimum Gasteiger partial charge on any atom is -0.368 e. The number of hydrogen-bond acceptors (Lipinski definition) is 5. The second-order valence-corrected chi connectivity index (χ2v) is 5.61. The summed E-state index contributed by atoms with van der Waals surface area (Å²) in [4.78, 5) is 14.9. The van der Waals surface area contributed by atoms with E-state index in [1.807, 2.05) is 11.9 Å². The lowest BCUT2D eigenvalue weighted by molar-refractivity contribution is 0.578. The first kappa shape index (κ1) is 14.7. The third kappa shape index (κ3) is 4.85. The van der Waals surface area contributed by atoms with Crippen LogP contribution in [0.1, 0.15) is 39.9 Å². The monoisotopic (exact) mass is 251 g/mol. The van der Waals surface area contributed by atoms with E-state index in [-0.39, 0.29) is 0 Å². The predicted octanol–water partition coefficient (Wildman–Crippen LogP) is 2.13. The van der Waals surface area contributed by atoms with Gasteiger partial charge in [-0.1, -0.05) is 27.7 Å². The van der Waals surface area contributed by atoms with E-state index in [2.05, 4.69) is 42.6 Å². The molecule has 18 heavy (non-hydrogen) atoms. The van der Waals surface area contributed by atoms with E-state index in [9.17, 15) is 0 Å². The first-order chi connectivity index (χ1) is 8.38. The Hall–Kier alpha value is -1.39. The van der Waals surface area contributed by atoms with Crippen LogP contribution < -0.4 is 10.6 Å². The fourth-order valence-electron chi connectivity index (χ4n) is 1.60. The Bertz CT molecular complexity index is 376. The Kier molecular flexibility index (Phi) is 5.31. The quantitative estimate of drug-likeness (QED) is 0.839. The van der Waals surface area contributed by atoms with Crippen molar-refractivity contribution in [3.63, 3.8) is 0 Å². The van der Waals surface area contributed by atoms with E-state index in [0.717, 1.165) is 25.2 Å². The zero-order valence-electron chi connectivity index (χ0n) is 12.1. The van der Waals surface area contributed by atoms with Gasteiger partial charge in [0.25, 0.3) is 0 Å². The molecule has 0 aliphatic carbocycles. The van der Waals surface area contributed by atoms with Gasteiger partial charge in [-0.2, -0.15) is 15.0 Å². The summed E-state index contributed by atoms with van der Waals surface area (Å²) >= 11 is 0. The number of nitrogens with zero attached hydrogens (tertiary/aromatic N) is 4. The molecule has 102 valence electrons. The average Bonchev–Trinajstić information content (AvgIpc) is 2.23. The molecule has 1 rings (SSSR count). The van der Waals surface area contributed by atoms with Gasteiger partial charge >= 0.3 is 0 Å². The number of nitrogens with two attached hydrogens (primary N) is 1. The normalized spacial score (nSPS) is 11.3. The molecule has 0 saturated carbocycles. The molecule has 5 heteroatoms. The van der Waals surface area contributed by atoms with Gasteiger partial charge in [0.05, 0.1) is 0 Å². The third-order valence-electron chi connectivity index (χ3n) is 2.66. The Balaban J connectivity index is 2.78. The predicted molar refractivity (Wildman–Crippen MR) is 75.5 cm³/mol. The Morgan fingerprint density at radius 2 is 1.72 bits per heavy atom. The van der Waals surface area contributed by atoms with Crippen molar-refractivity contribution in [2.24, 2.45) is 11.8 Å². The molecule has 5 nitrogen and oxygen atoms in total. The van der Waals surface area contributed by atoms with Gasteiger partial charge in [-0.15, -0.1) is 0 Å². The van der Waals surface area contributed by atoms with Crippen LogP contribution in [0.5, 0.6) is 0 Å². The molecule has 0 radical (unpaired) electrons. The van der Waals surface area contributed by atoms with Crippen molar-refractivity contribution in [3.05, 3.63) is 5.82 Å². The van der Waals surface area contributed by atoms with Crippen molar-refractivity contribution in [1.82, 2.24) is 15.0 Å². The standard InChI is InChI=1S/C13H25N5/c1-9(2)6-7-18(5)13-16-11(8-10(3)4)15-12(14)17-13/h9-10H,6-8H2,1-5H3,(H2,14,15,16,17). The third-order valence-corrected chi connectivity index (χ3v) is 2.66. The lowest BCUT2D eigenvalue weighted by Crippen LogP contribution is -2.23. The summed E-state index contributed by atoms with van der Waals surface area (Å²) in [6, 6.07) is 0. The number of rotatable bonds is 6. The van der Waals surface area contributed by atoms with Crippen LogP contribution in [-0.4, -0.2) is 28.5 Å². The molecule has 0 bridgehead atoms. The molecule has 0 saturated heterocycles. The lowest BCUT2D eigenvalue weighted by Gasteiger charge is -2.19. The summed E-state index contributed by atoms with van der Waals surface area (Å²) in [5, 5.41) is 0. The minimum absolute atomic E-state index is 0.312. The average molecular weight is 251 g/mol. The summed E-state index contributed by atoms with van der Waals surface area (Å²) in [5.41, 5.74) is 5.74. The second-order valence-electron chi connectivity index (χ2n) is 5.61. The van der Waals surface area contributed by atoms with E-state index in [1.54, 1.807) is 0 Å². The maximum atomic E-state index is 5.74. The molecule has 0 aromatic carbocycles. The van der Waals surface area contributed by atoms with E-state index in [4.69, 9.17) is 5.73 Å². The fraction of sp³-hybridized carbons (Fsp3) is 0.769. The number of hydrogen-bond donors (Lipinski definition) is 1. The van der Waals surface area contributed by atoms with Crippen LogP contribution in [0, 0.1) is 11.8 Å². The second kappa shape index (κ2) is 6.52. The number of anilines is 2. The van der Waals surface area contributed by atoms with E-state index < -0.39 is 0 Å². The van der Waals surface area contributed by atoms with Gasteiger partial charge < -0.3 is 10.6 Å². The van der Waals surface area contributed by atoms with Crippen LogP contribution in [0.25, 0.3) is 0 Å². The molecule has 0 aliphatic rings. The minimum atomic E-state index is 0.312. The molecule has 0 amide bonds. The van der Waals surface area contributed by atoms with Gasteiger partial charge in [-0.3, -0.25) is 0 Å². The van der Waals surface area contributed by atoms with Gasteiger partial charge in [0.15, 0.2) is 0 Å². The van der Waals surface area contributed by atoms with Crippen LogP contribution in [0.4, 0.5) is 11.9 Å². The van der Waals surface area contributed by atoms with Crippen LogP contribution in [0.2, 0.25) is 0 Å². The number of nitrogen functional groups attached to an aromatic ring is 1. The molecular formula is C13H25N5. The van der Waals surface area contributed by atoms with Crippen molar-refractivity contribution >= 4 is 11.9 Å². The van der Waals surface area contributed by atoms with Crippen LogP contribution >= 0.6 is 0 Å². The maximum Gasteiger partial charge on any atom is 0.230 e. The van der Waals surface area contributed by atoms with Gasteiger partial charge in [0.1, 0.15) is 5.82 Å². The highest BCUT2D eigenvalue weighted by molar-refractivity contribution is 5.33. The summed E-state index contributed by atoms with van der Waals surface area (Å²) in [5.74, 6) is 2.96.